The summed E-state index contributed by atoms with van der Waals surface area (Å²) >= 11 is 2.63. The molecule has 0 radical (unpaired) electrons. The lowest BCUT2D eigenvalue weighted by atomic mass is 10.1. The Balaban J connectivity index is 1.31. The van der Waals surface area contributed by atoms with Crippen LogP contribution in [0.25, 0.3) is 5.69 Å². The predicted octanol–water partition coefficient (Wildman–Crippen LogP) is 5.99. The van der Waals surface area contributed by atoms with Crippen molar-refractivity contribution in [3.8, 4) is 5.69 Å². The summed E-state index contributed by atoms with van der Waals surface area (Å²) in [5.74, 6) is 0.606. The van der Waals surface area contributed by atoms with Crippen molar-refractivity contribution in [2.75, 3.05) is 6.54 Å². The van der Waals surface area contributed by atoms with Gasteiger partial charge in [0.2, 0.25) is 0 Å². The van der Waals surface area contributed by atoms with Gasteiger partial charge in [0.15, 0.2) is 5.16 Å². The van der Waals surface area contributed by atoms with Gasteiger partial charge in [-0.15, -0.1) is 21.5 Å². The molecule has 204 valence electrons. The number of nitrogens with one attached hydrogen (secondary N) is 1. The van der Waals surface area contributed by atoms with Gasteiger partial charge in [-0.25, -0.2) is 4.98 Å². The molecule has 0 aliphatic heterocycles. The molecule has 1 N–H and O–H groups in total. The van der Waals surface area contributed by atoms with Crippen LogP contribution in [0.15, 0.2) is 89.5 Å². The number of halogens is 3. The maximum Gasteiger partial charge on any atom is 0.416 e. The van der Waals surface area contributed by atoms with Crippen LogP contribution >= 0.6 is 23.1 Å². The van der Waals surface area contributed by atoms with E-state index in [4.69, 9.17) is 0 Å². The van der Waals surface area contributed by atoms with Crippen molar-refractivity contribution < 1.29 is 18.0 Å². The molecule has 0 saturated heterocycles. The van der Waals surface area contributed by atoms with E-state index < -0.39 is 11.7 Å². The van der Waals surface area contributed by atoms with Gasteiger partial charge < -0.3 is 5.32 Å². The minimum atomic E-state index is -4.48. The zero-order valence-corrected chi connectivity index (χ0v) is 22.6. The van der Waals surface area contributed by atoms with Gasteiger partial charge in [0.25, 0.3) is 5.91 Å². The highest BCUT2D eigenvalue weighted by atomic mass is 32.2. The third-order valence-corrected chi connectivity index (χ3v) is 7.81. The topological polar surface area (TPSA) is 85.6 Å². The van der Waals surface area contributed by atoms with E-state index in [0.717, 1.165) is 23.4 Å². The normalized spacial score (nSPS) is 11.5. The predicted molar refractivity (Wildman–Crippen MR) is 148 cm³/mol. The number of hydrogen-bond acceptors (Lipinski definition) is 7. The van der Waals surface area contributed by atoms with Crippen molar-refractivity contribution in [2.24, 2.45) is 0 Å². The number of thioether (sulfide) groups is 1. The Hall–Kier alpha value is -4.03. The van der Waals surface area contributed by atoms with Crippen LogP contribution in [0.3, 0.4) is 0 Å². The molecule has 0 atom stereocenters. The second-order valence-electron chi connectivity index (χ2n) is 8.69. The van der Waals surface area contributed by atoms with Gasteiger partial charge in [-0.05, 0) is 35.9 Å². The Kier molecular flexibility index (Phi) is 8.56. The molecule has 12 heteroatoms. The molecule has 0 aliphatic carbocycles. The highest BCUT2D eigenvalue weighted by Crippen LogP contribution is 2.33. The number of nitrogens with zero attached hydrogens (tertiary/aromatic N) is 5. The van der Waals surface area contributed by atoms with E-state index in [1.165, 1.54) is 29.2 Å². The lowest BCUT2D eigenvalue weighted by Gasteiger charge is -2.13. The number of aromatic nitrogens is 5. The van der Waals surface area contributed by atoms with Crippen molar-refractivity contribution in [3.63, 3.8) is 0 Å². The minimum absolute atomic E-state index is 0.277. The van der Waals surface area contributed by atoms with E-state index in [1.807, 2.05) is 48.5 Å². The molecule has 1 amide bonds. The summed E-state index contributed by atoms with van der Waals surface area (Å²) in [4.78, 5) is 21.2. The summed E-state index contributed by atoms with van der Waals surface area (Å²) in [6, 6.07) is 20.3. The van der Waals surface area contributed by atoms with Crippen LogP contribution in [0.1, 0.15) is 38.1 Å². The third-order valence-electron chi connectivity index (χ3n) is 5.84. The van der Waals surface area contributed by atoms with Gasteiger partial charge in [-0.1, -0.05) is 54.2 Å². The largest absolute Gasteiger partial charge is 0.416 e. The average molecular weight is 581 g/mol. The molecule has 5 rings (SSSR count). The number of amides is 1. The van der Waals surface area contributed by atoms with E-state index in [0.29, 0.717) is 52.5 Å². The molecule has 7 nitrogen and oxygen atoms in total. The van der Waals surface area contributed by atoms with Crippen LogP contribution < -0.4 is 5.32 Å². The molecule has 0 fully saturated rings. The number of hydrogen-bond donors (Lipinski definition) is 1. The number of benzene rings is 2. The Morgan fingerprint density at radius 3 is 2.60 bits per heavy atom. The highest BCUT2D eigenvalue weighted by Gasteiger charge is 2.31. The lowest BCUT2D eigenvalue weighted by molar-refractivity contribution is -0.137. The summed E-state index contributed by atoms with van der Waals surface area (Å²) in [6.07, 6.45) is -1.77. The standard InChI is InChI=1S/C28H23F3N6OS2/c29-28(30,31)20-9-6-11-22(16-20)37-24(15-19-7-2-1-3-8-19)35-36-27(37)40-18-25-34-23(17-39-25)26(38)33-14-12-21-10-4-5-13-32-21/h1-11,13,16-17H,12,14-15,18H2,(H,33,38). The summed E-state index contributed by atoms with van der Waals surface area (Å²) in [6.45, 7) is 0.432. The first-order chi connectivity index (χ1) is 19.4. The molecule has 0 aliphatic rings. The van der Waals surface area contributed by atoms with Gasteiger partial charge in [0.05, 0.1) is 17.0 Å². The van der Waals surface area contributed by atoms with E-state index in [-0.39, 0.29) is 5.91 Å². The fourth-order valence-electron chi connectivity index (χ4n) is 3.92. The number of rotatable bonds is 10. The van der Waals surface area contributed by atoms with Gasteiger partial charge in [-0.3, -0.25) is 14.3 Å². The molecule has 0 spiro atoms. The van der Waals surface area contributed by atoms with Gasteiger partial charge in [0, 0.05) is 36.7 Å². The van der Waals surface area contributed by atoms with E-state index in [1.54, 1.807) is 22.2 Å². The Labute approximate surface area is 236 Å². The molecule has 3 heterocycles. The summed E-state index contributed by atoms with van der Waals surface area (Å²) < 4.78 is 42.1. The smallest absolute Gasteiger partial charge is 0.350 e. The molecule has 2 aromatic carbocycles. The van der Waals surface area contributed by atoms with E-state index >= 15 is 0 Å². The zero-order chi connectivity index (χ0) is 28.0. The Morgan fingerprint density at radius 1 is 1.00 bits per heavy atom. The maximum absolute atomic E-state index is 13.5. The first kappa shape index (κ1) is 27.5. The first-order valence-corrected chi connectivity index (χ1v) is 14.1. The van der Waals surface area contributed by atoms with Crippen molar-refractivity contribution in [2.45, 2.75) is 29.9 Å². The summed E-state index contributed by atoms with van der Waals surface area (Å²) in [5.41, 5.74) is 1.72. The third kappa shape index (κ3) is 6.93. The molecular formula is C28H23F3N6OS2. The molecule has 5 aromatic rings. The number of carbonyl (C=O) groups is 1. The Morgan fingerprint density at radius 2 is 1.82 bits per heavy atom. The number of alkyl halides is 3. The van der Waals surface area contributed by atoms with E-state index in [2.05, 4.69) is 25.5 Å². The molecule has 3 aromatic heterocycles. The quantitative estimate of drug-likeness (QED) is 0.204. The molecule has 0 bridgehead atoms. The summed E-state index contributed by atoms with van der Waals surface area (Å²) in [5, 5.41) is 14.3. The number of carbonyl (C=O) groups excluding carboxylic acids is 1. The fraction of sp³-hybridized carbons (Fsp3) is 0.179. The van der Waals surface area contributed by atoms with Gasteiger partial charge in [0.1, 0.15) is 16.5 Å². The average Bonchev–Trinajstić information content (AvgIpc) is 3.60. The van der Waals surface area contributed by atoms with Crippen LogP contribution in [0.4, 0.5) is 13.2 Å². The van der Waals surface area contributed by atoms with Gasteiger partial charge >= 0.3 is 6.18 Å². The van der Waals surface area contributed by atoms with E-state index in [9.17, 15) is 18.0 Å². The fourth-order valence-corrected chi connectivity index (χ4v) is 5.68. The lowest BCUT2D eigenvalue weighted by Crippen LogP contribution is -2.26. The molecule has 40 heavy (non-hydrogen) atoms. The monoisotopic (exact) mass is 580 g/mol. The van der Waals surface area contributed by atoms with Crippen molar-refractivity contribution in [1.82, 2.24) is 30.0 Å². The van der Waals surface area contributed by atoms with Crippen LogP contribution in [0.5, 0.6) is 0 Å². The second kappa shape index (κ2) is 12.4. The SMILES string of the molecule is O=C(NCCc1ccccn1)c1csc(CSc2nnc(Cc3ccccc3)n2-c2cccc(C(F)(F)F)c2)n1. The first-order valence-electron chi connectivity index (χ1n) is 12.3. The highest BCUT2D eigenvalue weighted by molar-refractivity contribution is 7.98. The van der Waals surface area contributed by atoms with Crippen LogP contribution in [-0.2, 0) is 24.8 Å². The van der Waals surface area contributed by atoms with Crippen molar-refractivity contribution in [1.29, 1.82) is 0 Å². The van der Waals surface area contributed by atoms with Gasteiger partial charge in [-0.2, -0.15) is 13.2 Å². The molecular weight excluding hydrogens is 557 g/mol. The number of thiazole rings is 1. The van der Waals surface area contributed by atoms with Crippen molar-refractivity contribution >= 4 is 29.0 Å². The molecule has 0 saturated carbocycles. The van der Waals surface area contributed by atoms with Crippen molar-refractivity contribution in [3.05, 3.63) is 118 Å². The zero-order valence-electron chi connectivity index (χ0n) is 21.0. The minimum Gasteiger partial charge on any atom is -0.350 e. The molecule has 0 unspecified atom stereocenters. The second-order valence-corrected chi connectivity index (χ2v) is 10.6. The summed E-state index contributed by atoms with van der Waals surface area (Å²) in [7, 11) is 0. The van der Waals surface area contributed by atoms with Crippen LogP contribution in [-0.4, -0.2) is 37.2 Å². The van der Waals surface area contributed by atoms with Crippen LogP contribution in [0, 0.1) is 0 Å². The maximum atomic E-state index is 13.5. The Bertz CT molecular complexity index is 1570. The van der Waals surface area contributed by atoms with Crippen LogP contribution in [0.2, 0.25) is 0 Å². The number of pyridine rings is 1.